The molecule has 0 aliphatic heterocycles. The van der Waals surface area contributed by atoms with E-state index >= 15 is 0 Å². The average Bonchev–Trinajstić information content (AvgIpc) is 3.23. The maximum absolute atomic E-state index is 12.8. The summed E-state index contributed by atoms with van der Waals surface area (Å²) in [6.07, 6.45) is 2.98. The molecule has 0 fully saturated rings. The number of aromatic nitrogens is 3. The van der Waals surface area contributed by atoms with Gasteiger partial charge in [0.25, 0.3) is 0 Å². The number of nitrogens with one attached hydrogen (secondary N) is 2. The van der Waals surface area contributed by atoms with Crippen LogP contribution in [0.2, 0.25) is 0 Å². The van der Waals surface area contributed by atoms with Crippen molar-refractivity contribution in [2.24, 2.45) is 0 Å². The van der Waals surface area contributed by atoms with Crippen molar-refractivity contribution in [3.05, 3.63) is 46.1 Å². The number of H-pyrrole nitrogens is 1. The van der Waals surface area contributed by atoms with Gasteiger partial charge in [0.15, 0.2) is 0 Å². The van der Waals surface area contributed by atoms with Gasteiger partial charge in [0.05, 0.1) is 23.0 Å². The van der Waals surface area contributed by atoms with Crippen LogP contribution in [0.3, 0.4) is 0 Å². The zero-order chi connectivity index (χ0) is 17.4. The van der Waals surface area contributed by atoms with Crippen molar-refractivity contribution in [1.29, 1.82) is 0 Å². The number of carbonyl (C=O) groups is 1. The molecule has 5 nitrogen and oxygen atoms in total. The summed E-state index contributed by atoms with van der Waals surface area (Å²) in [5.74, 6) is 0.316. The van der Waals surface area contributed by atoms with E-state index in [1.807, 2.05) is 6.07 Å². The highest BCUT2D eigenvalue weighted by atomic mass is 32.1. The van der Waals surface area contributed by atoms with E-state index in [9.17, 15) is 4.79 Å². The second kappa shape index (κ2) is 6.59. The molecule has 2 heterocycles. The largest absolute Gasteiger partial charge is 0.357 e. The third-order valence-electron chi connectivity index (χ3n) is 4.99. The zero-order valence-corrected chi connectivity index (χ0v) is 15.3. The van der Waals surface area contributed by atoms with E-state index in [1.54, 1.807) is 0 Å². The molecule has 4 rings (SSSR count). The van der Waals surface area contributed by atoms with E-state index in [0.29, 0.717) is 12.5 Å². The van der Waals surface area contributed by atoms with Crippen LogP contribution in [0.15, 0.2) is 24.3 Å². The van der Waals surface area contributed by atoms with Crippen molar-refractivity contribution < 1.29 is 4.79 Å². The first-order valence-electron chi connectivity index (χ1n) is 8.83. The Bertz CT molecular complexity index is 911. The molecule has 130 valence electrons. The number of para-hydroxylation sites is 1. The van der Waals surface area contributed by atoms with Crippen LogP contribution in [-0.4, -0.2) is 20.5 Å². The smallest absolute Gasteiger partial charge is 0.229 e. The van der Waals surface area contributed by atoms with Gasteiger partial charge in [-0.1, -0.05) is 36.5 Å². The number of rotatable bonds is 4. The Hall–Kier alpha value is -2.21. The van der Waals surface area contributed by atoms with Crippen molar-refractivity contribution in [3.8, 4) is 0 Å². The number of amides is 1. The van der Waals surface area contributed by atoms with Crippen LogP contribution in [0.4, 0.5) is 0 Å². The number of aryl methyl sites for hydroxylation is 1. The number of fused-ring (bicyclic) bond motifs is 3. The van der Waals surface area contributed by atoms with E-state index in [4.69, 9.17) is 0 Å². The van der Waals surface area contributed by atoms with Gasteiger partial charge in [-0.25, -0.2) is 0 Å². The van der Waals surface area contributed by atoms with Crippen LogP contribution in [0.1, 0.15) is 60.4 Å². The Morgan fingerprint density at radius 3 is 3.08 bits per heavy atom. The summed E-state index contributed by atoms with van der Waals surface area (Å²) in [5, 5.41) is 8.54. The first-order valence-corrected chi connectivity index (χ1v) is 9.60. The molecule has 3 aromatic rings. The molecule has 1 unspecified atom stereocenters. The molecule has 1 aliphatic rings. The minimum atomic E-state index is -0.0977. The topological polar surface area (TPSA) is 70.7 Å². The molecule has 0 radical (unpaired) electrons. The molecular weight excluding hydrogens is 332 g/mol. The Morgan fingerprint density at radius 2 is 2.24 bits per heavy atom. The molecule has 1 amide bonds. The maximum Gasteiger partial charge on any atom is 0.229 e. The summed E-state index contributed by atoms with van der Waals surface area (Å²) in [6, 6.07) is 8.32. The molecule has 1 aliphatic carbocycles. The lowest BCUT2D eigenvalue weighted by Crippen LogP contribution is -2.31. The van der Waals surface area contributed by atoms with Gasteiger partial charge >= 0.3 is 0 Å². The third kappa shape index (κ3) is 2.95. The van der Waals surface area contributed by atoms with Gasteiger partial charge in [0.1, 0.15) is 0 Å². The SMILES string of the molecule is CC(C)c1nnsc1CNC(=O)C1CCCc2c1[nH]c1ccccc21. The van der Waals surface area contributed by atoms with Gasteiger partial charge in [-0.15, -0.1) is 5.10 Å². The van der Waals surface area contributed by atoms with Crippen LogP contribution in [-0.2, 0) is 17.8 Å². The predicted molar refractivity (Wildman–Crippen MR) is 99.8 cm³/mol. The lowest BCUT2D eigenvalue weighted by atomic mass is 9.86. The van der Waals surface area contributed by atoms with E-state index in [-0.39, 0.29) is 11.8 Å². The highest BCUT2D eigenvalue weighted by Crippen LogP contribution is 2.36. The second-order valence-electron chi connectivity index (χ2n) is 6.96. The van der Waals surface area contributed by atoms with Crippen LogP contribution in [0.25, 0.3) is 10.9 Å². The number of hydrogen-bond acceptors (Lipinski definition) is 4. The molecular formula is C19H22N4OS. The first-order chi connectivity index (χ1) is 12.1. The Morgan fingerprint density at radius 1 is 1.40 bits per heavy atom. The summed E-state index contributed by atoms with van der Waals surface area (Å²) in [6.45, 7) is 4.70. The van der Waals surface area contributed by atoms with E-state index < -0.39 is 0 Å². The summed E-state index contributed by atoms with van der Waals surface area (Å²) >= 11 is 1.37. The highest BCUT2D eigenvalue weighted by molar-refractivity contribution is 7.05. The van der Waals surface area contributed by atoms with E-state index in [2.05, 4.69) is 51.9 Å². The quantitative estimate of drug-likeness (QED) is 0.747. The lowest BCUT2D eigenvalue weighted by Gasteiger charge is -2.22. The van der Waals surface area contributed by atoms with Crippen LogP contribution < -0.4 is 5.32 Å². The first kappa shape index (κ1) is 16.3. The summed E-state index contributed by atoms with van der Waals surface area (Å²) in [5.41, 5.74) is 4.52. The Balaban J connectivity index is 1.55. The molecule has 0 bridgehead atoms. The van der Waals surface area contributed by atoms with Crippen molar-refractivity contribution >= 4 is 28.3 Å². The van der Waals surface area contributed by atoms with Gasteiger partial charge in [0, 0.05) is 16.6 Å². The minimum absolute atomic E-state index is 0.0932. The molecule has 2 N–H and O–H groups in total. The fourth-order valence-electron chi connectivity index (χ4n) is 3.74. The fraction of sp³-hybridized carbons (Fsp3) is 0.421. The summed E-state index contributed by atoms with van der Waals surface area (Å²) in [7, 11) is 0. The minimum Gasteiger partial charge on any atom is -0.357 e. The Kier molecular flexibility index (Phi) is 4.29. The van der Waals surface area contributed by atoms with Gasteiger partial charge in [0.2, 0.25) is 5.91 Å². The maximum atomic E-state index is 12.8. The lowest BCUT2D eigenvalue weighted by molar-refractivity contribution is -0.123. The normalized spacial score (nSPS) is 17.0. The standard InChI is InChI=1S/C19H22N4OS/c1-11(2)17-16(25-23-22-17)10-20-19(24)14-8-5-7-13-12-6-3-4-9-15(12)21-18(13)14/h3-4,6,9,11,14,21H,5,7-8,10H2,1-2H3,(H,20,24). The second-order valence-corrected chi connectivity index (χ2v) is 7.80. The van der Waals surface area contributed by atoms with Crippen molar-refractivity contribution in [2.45, 2.75) is 51.5 Å². The van der Waals surface area contributed by atoms with E-state index in [1.165, 1.54) is 22.5 Å². The summed E-state index contributed by atoms with van der Waals surface area (Å²) in [4.78, 5) is 17.4. The summed E-state index contributed by atoms with van der Waals surface area (Å²) < 4.78 is 4.03. The molecule has 1 aromatic carbocycles. The van der Waals surface area contributed by atoms with Gasteiger partial charge in [-0.3, -0.25) is 4.79 Å². The number of aromatic amines is 1. The van der Waals surface area contributed by atoms with E-state index in [0.717, 1.165) is 41.0 Å². The number of hydrogen-bond donors (Lipinski definition) is 2. The number of carbonyl (C=O) groups excluding carboxylic acids is 1. The van der Waals surface area contributed by atoms with Gasteiger partial charge in [-0.05, 0) is 48.3 Å². The van der Waals surface area contributed by atoms with Crippen LogP contribution >= 0.6 is 11.5 Å². The number of nitrogens with zero attached hydrogens (tertiary/aromatic N) is 2. The number of benzene rings is 1. The van der Waals surface area contributed by atoms with Crippen molar-refractivity contribution in [3.63, 3.8) is 0 Å². The molecule has 6 heteroatoms. The van der Waals surface area contributed by atoms with Gasteiger partial charge in [-0.2, -0.15) is 0 Å². The van der Waals surface area contributed by atoms with Gasteiger partial charge < -0.3 is 10.3 Å². The molecule has 25 heavy (non-hydrogen) atoms. The van der Waals surface area contributed by atoms with Crippen molar-refractivity contribution in [2.75, 3.05) is 0 Å². The molecule has 0 spiro atoms. The molecule has 0 saturated heterocycles. The van der Waals surface area contributed by atoms with Crippen LogP contribution in [0.5, 0.6) is 0 Å². The van der Waals surface area contributed by atoms with Crippen molar-refractivity contribution in [1.82, 2.24) is 19.9 Å². The molecule has 2 aromatic heterocycles. The molecule has 1 atom stereocenters. The third-order valence-corrected chi connectivity index (χ3v) is 5.72. The Labute approximate surface area is 151 Å². The molecule has 0 saturated carbocycles. The predicted octanol–water partition coefficient (Wildman–Crippen LogP) is 3.88. The van der Waals surface area contributed by atoms with Crippen LogP contribution in [0, 0.1) is 0 Å². The highest BCUT2D eigenvalue weighted by Gasteiger charge is 2.29. The zero-order valence-electron chi connectivity index (χ0n) is 14.5. The fourth-order valence-corrected chi connectivity index (χ4v) is 4.48. The monoisotopic (exact) mass is 354 g/mol. The average molecular weight is 354 g/mol.